The van der Waals surface area contributed by atoms with Crippen LogP contribution in [0, 0.1) is 0 Å². The number of nitrogens with zero attached hydrogens (tertiary/aromatic N) is 1. The molecule has 0 radical (unpaired) electrons. The minimum atomic E-state index is 0.00953. The van der Waals surface area contributed by atoms with Gasteiger partial charge < -0.3 is 9.40 Å². The number of rotatable bonds is 4. The van der Waals surface area contributed by atoms with Gasteiger partial charge in [0.05, 0.1) is 11.4 Å². The van der Waals surface area contributed by atoms with E-state index < -0.39 is 0 Å². The number of ketones is 1. The lowest BCUT2D eigenvalue weighted by Gasteiger charge is -1.94. The van der Waals surface area contributed by atoms with E-state index in [9.17, 15) is 4.79 Å². The number of hydrogen-bond acceptors (Lipinski definition) is 4. The molecule has 0 atom stereocenters. The number of aromatic nitrogens is 2. The molecule has 2 heterocycles. The molecule has 6 heteroatoms. The number of carbonyl (C=O) groups is 1. The third-order valence-corrected chi connectivity index (χ3v) is 3.62. The highest BCUT2D eigenvalue weighted by Gasteiger charge is 2.11. The molecular weight excluding hydrogens is 284 g/mol. The molecule has 19 heavy (non-hydrogen) atoms. The molecule has 3 rings (SSSR count). The van der Waals surface area contributed by atoms with E-state index in [0.717, 1.165) is 0 Å². The van der Waals surface area contributed by atoms with Gasteiger partial charge in [-0.3, -0.25) is 4.79 Å². The SMILES string of the molecule is O=C(CSc1nc2cc(Cl)ccc2o1)c1ccc[nH]1. The van der Waals surface area contributed by atoms with Crippen molar-refractivity contribution in [2.45, 2.75) is 5.22 Å². The van der Waals surface area contributed by atoms with E-state index in [-0.39, 0.29) is 11.5 Å². The third-order valence-electron chi connectivity index (χ3n) is 2.56. The molecular formula is C13H9ClN2O2S. The number of aromatic amines is 1. The van der Waals surface area contributed by atoms with Crippen LogP contribution in [0.5, 0.6) is 0 Å². The van der Waals surface area contributed by atoms with E-state index in [1.54, 1.807) is 36.5 Å². The minimum absolute atomic E-state index is 0.00953. The molecule has 0 spiro atoms. The summed E-state index contributed by atoms with van der Waals surface area (Å²) in [5, 5.41) is 1.08. The summed E-state index contributed by atoms with van der Waals surface area (Å²) in [7, 11) is 0. The van der Waals surface area contributed by atoms with Crippen molar-refractivity contribution in [1.29, 1.82) is 0 Å². The van der Waals surface area contributed by atoms with Crippen LogP contribution in [0.25, 0.3) is 11.1 Å². The molecule has 0 aliphatic carbocycles. The first-order chi connectivity index (χ1) is 9.22. The molecule has 0 aliphatic rings. The molecule has 0 amide bonds. The van der Waals surface area contributed by atoms with Crippen molar-refractivity contribution in [2.24, 2.45) is 0 Å². The standard InChI is InChI=1S/C13H9ClN2O2S/c14-8-3-4-12-10(6-8)16-13(18-12)19-7-11(17)9-2-1-5-15-9/h1-6,15H,7H2. The quantitative estimate of drug-likeness (QED) is 0.587. The fourth-order valence-corrected chi connectivity index (χ4v) is 2.54. The van der Waals surface area contributed by atoms with Gasteiger partial charge in [-0.2, -0.15) is 0 Å². The Bertz CT molecular complexity index is 721. The van der Waals surface area contributed by atoms with E-state index >= 15 is 0 Å². The number of halogens is 1. The molecule has 1 aromatic carbocycles. The highest BCUT2D eigenvalue weighted by molar-refractivity contribution is 7.99. The summed E-state index contributed by atoms with van der Waals surface area (Å²) in [5.74, 6) is 0.288. The largest absolute Gasteiger partial charge is 0.431 e. The van der Waals surface area contributed by atoms with E-state index in [4.69, 9.17) is 16.0 Å². The molecule has 1 N–H and O–H groups in total. The van der Waals surface area contributed by atoms with Crippen LogP contribution in [-0.2, 0) is 0 Å². The van der Waals surface area contributed by atoms with Crippen molar-refractivity contribution in [3.05, 3.63) is 47.2 Å². The number of hydrogen-bond donors (Lipinski definition) is 1. The van der Waals surface area contributed by atoms with Crippen LogP contribution >= 0.6 is 23.4 Å². The van der Waals surface area contributed by atoms with Crippen LogP contribution in [0.2, 0.25) is 5.02 Å². The predicted octanol–water partition coefficient (Wildman–Crippen LogP) is 3.78. The Hall–Kier alpha value is -1.72. The Labute approximate surface area is 118 Å². The molecule has 0 fully saturated rings. The van der Waals surface area contributed by atoms with Crippen LogP contribution in [0.15, 0.2) is 46.2 Å². The van der Waals surface area contributed by atoms with E-state index in [1.807, 2.05) is 0 Å². The topological polar surface area (TPSA) is 58.9 Å². The number of benzene rings is 1. The van der Waals surface area contributed by atoms with Crippen LogP contribution in [0.1, 0.15) is 10.5 Å². The van der Waals surface area contributed by atoms with Gasteiger partial charge in [-0.1, -0.05) is 23.4 Å². The van der Waals surface area contributed by atoms with E-state index in [2.05, 4.69) is 9.97 Å². The number of carbonyl (C=O) groups excluding carboxylic acids is 1. The highest BCUT2D eigenvalue weighted by Crippen LogP contribution is 2.25. The second-order valence-electron chi connectivity index (χ2n) is 3.89. The first kappa shape index (κ1) is 12.3. The first-order valence-corrected chi connectivity index (χ1v) is 6.94. The summed E-state index contributed by atoms with van der Waals surface area (Å²) in [6.07, 6.45) is 1.72. The Morgan fingerprint density at radius 2 is 2.32 bits per heavy atom. The Balaban J connectivity index is 1.73. The van der Waals surface area contributed by atoms with Crippen molar-refractivity contribution in [1.82, 2.24) is 9.97 Å². The van der Waals surface area contributed by atoms with E-state index in [1.165, 1.54) is 11.8 Å². The van der Waals surface area contributed by atoms with Gasteiger partial charge in [0, 0.05) is 11.2 Å². The normalized spacial score (nSPS) is 11.0. The van der Waals surface area contributed by atoms with Crippen LogP contribution in [-0.4, -0.2) is 21.5 Å². The van der Waals surface area contributed by atoms with Gasteiger partial charge in [-0.15, -0.1) is 0 Å². The highest BCUT2D eigenvalue weighted by atomic mass is 35.5. The van der Waals surface area contributed by atoms with Gasteiger partial charge in [0.15, 0.2) is 11.4 Å². The van der Waals surface area contributed by atoms with Gasteiger partial charge >= 0.3 is 0 Å². The maximum absolute atomic E-state index is 11.8. The predicted molar refractivity (Wildman–Crippen MR) is 74.9 cm³/mol. The molecule has 2 aromatic heterocycles. The summed E-state index contributed by atoms with van der Waals surface area (Å²) in [5.41, 5.74) is 1.95. The molecule has 0 saturated heterocycles. The number of nitrogens with one attached hydrogen (secondary N) is 1. The van der Waals surface area contributed by atoms with Gasteiger partial charge in [0.1, 0.15) is 5.52 Å². The lowest BCUT2D eigenvalue weighted by Crippen LogP contribution is -2.02. The molecule has 3 aromatic rings. The van der Waals surface area contributed by atoms with Gasteiger partial charge in [0.2, 0.25) is 0 Å². The van der Waals surface area contributed by atoms with Gasteiger partial charge in [0.25, 0.3) is 5.22 Å². The maximum Gasteiger partial charge on any atom is 0.257 e. The summed E-state index contributed by atoms with van der Waals surface area (Å²) < 4.78 is 5.52. The zero-order valence-electron chi connectivity index (χ0n) is 9.72. The lowest BCUT2D eigenvalue weighted by atomic mass is 10.3. The average molecular weight is 293 g/mol. The second-order valence-corrected chi connectivity index (χ2v) is 5.25. The molecule has 4 nitrogen and oxygen atoms in total. The number of Topliss-reactive ketones (excluding diaryl/α,β-unsaturated/α-hetero) is 1. The van der Waals surface area contributed by atoms with Crippen molar-refractivity contribution in [3.8, 4) is 0 Å². The number of thioether (sulfide) groups is 1. The van der Waals surface area contributed by atoms with Crippen molar-refractivity contribution < 1.29 is 9.21 Å². The smallest absolute Gasteiger partial charge is 0.257 e. The zero-order chi connectivity index (χ0) is 13.2. The fraction of sp³-hybridized carbons (Fsp3) is 0.0769. The lowest BCUT2D eigenvalue weighted by molar-refractivity contribution is 0.101. The monoisotopic (exact) mass is 292 g/mol. The Morgan fingerprint density at radius 3 is 3.11 bits per heavy atom. The van der Waals surface area contributed by atoms with Gasteiger partial charge in [-0.05, 0) is 30.3 Å². The first-order valence-electron chi connectivity index (χ1n) is 5.58. The number of fused-ring (bicyclic) bond motifs is 1. The second kappa shape index (κ2) is 5.11. The summed E-state index contributed by atoms with van der Waals surface area (Å²) in [6.45, 7) is 0. The fourth-order valence-electron chi connectivity index (χ4n) is 1.65. The third kappa shape index (κ3) is 2.67. The van der Waals surface area contributed by atoms with Crippen LogP contribution in [0.3, 0.4) is 0 Å². The average Bonchev–Trinajstić information content (AvgIpc) is 3.04. The van der Waals surface area contributed by atoms with Crippen LogP contribution < -0.4 is 0 Å². The van der Waals surface area contributed by atoms with E-state index in [0.29, 0.717) is 27.0 Å². The molecule has 96 valence electrons. The molecule has 0 unspecified atom stereocenters. The molecule has 0 saturated carbocycles. The minimum Gasteiger partial charge on any atom is -0.431 e. The van der Waals surface area contributed by atoms with Crippen molar-refractivity contribution in [2.75, 3.05) is 5.75 Å². The molecule has 0 bridgehead atoms. The summed E-state index contributed by atoms with van der Waals surface area (Å²) >= 11 is 7.14. The number of oxazole rings is 1. The van der Waals surface area contributed by atoms with Gasteiger partial charge in [-0.25, -0.2) is 4.98 Å². The van der Waals surface area contributed by atoms with Crippen molar-refractivity contribution >= 4 is 40.2 Å². The van der Waals surface area contributed by atoms with Crippen molar-refractivity contribution in [3.63, 3.8) is 0 Å². The molecule has 0 aliphatic heterocycles. The maximum atomic E-state index is 11.8. The zero-order valence-corrected chi connectivity index (χ0v) is 11.3. The Kier molecular flexibility index (Phi) is 3.31. The summed E-state index contributed by atoms with van der Waals surface area (Å²) in [6, 6.07) is 8.78. The Morgan fingerprint density at radius 1 is 1.42 bits per heavy atom. The summed E-state index contributed by atoms with van der Waals surface area (Å²) in [4.78, 5) is 19.0. The number of H-pyrrole nitrogens is 1. The van der Waals surface area contributed by atoms with Crippen LogP contribution in [0.4, 0.5) is 0 Å².